The van der Waals surface area contributed by atoms with Crippen LogP contribution in [-0.4, -0.2) is 13.0 Å². The first-order valence-corrected chi connectivity index (χ1v) is 5.92. The van der Waals surface area contributed by atoms with Gasteiger partial charge in [0, 0.05) is 5.56 Å². The minimum absolute atomic E-state index is 0.196. The molecule has 0 heterocycles. The van der Waals surface area contributed by atoms with Gasteiger partial charge in [0.05, 0.1) is 7.11 Å². The van der Waals surface area contributed by atoms with E-state index in [0.29, 0.717) is 0 Å². The molecule has 0 spiro atoms. The molecule has 0 unspecified atom stereocenters. The van der Waals surface area contributed by atoms with Gasteiger partial charge in [-0.2, -0.15) is 0 Å². The maximum absolute atomic E-state index is 7.59. The summed E-state index contributed by atoms with van der Waals surface area (Å²) in [5, 5.41) is 7.59. The first kappa shape index (κ1) is 12.4. The van der Waals surface area contributed by atoms with E-state index in [1.165, 1.54) is 23.8 Å². The first-order chi connectivity index (χ1) is 8.61. The lowest BCUT2D eigenvalue weighted by atomic mass is 9.99. The highest BCUT2D eigenvalue weighted by Gasteiger charge is 2.03. The second kappa shape index (κ2) is 5.05. The molecule has 2 heteroatoms. The second-order valence-electron chi connectivity index (χ2n) is 4.41. The van der Waals surface area contributed by atoms with Crippen LogP contribution in [0.2, 0.25) is 0 Å². The van der Waals surface area contributed by atoms with E-state index in [4.69, 9.17) is 10.1 Å². The van der Waals surface area contributed by atoms with E-state index in [0.717, 1.165) is 11.1 Å². The van der Waals surface area contributed by atoms with Crippen molar-refractivity contribution in [2.45, 2.75) is 13.8 Å². The Morgan fingerprint density at radius 1 is 0.889 bits per heavy atom. The van der Waals surface area contributed by atoms with Crippen LogP contribution in [0.1, 0.15) is 16.7 Å². The molecular formula is C16H17NO. The minimum atomic E-state index is 0.196. The van der Waals surface area contributed by atoms with Gasteiger partial charge in [0.2, 0.25) is 5.90 Å². The highest BCUT2D eigenvalue weighted by atomic mass is 16.5. The highest BCUT2D eigenvalue weighted by Crippen LogP contribution is 2.22. The van der Waals surface area contributed by atoms with E-state index in [2.05, 4.69) is 32.0 Å². The molecule has 2 rings (SSSR count). The van der Waals surface area contributed by atoms with Gasteiger partial charge in [0.1, 0.15) is 0 Å². The molecule has 0 radical (unpaired) electrons. The monoisotopic (exact) mass is 239 g/mol. The van der Waals surface area contributed by atoms with Crippen LogP contribution in [0.25, 0.3) is 11.1 Å². The van der Waals surface area contributed by atoms with Crippen molar-refractivity contribution in [2.24, 2.45) is 0 Å². The third kappa shape index (κ3) is 2.43. The smallest absolute Gasteiger partial charge is 0.212 e. The van der Waals surface area contributed by atoms with E-state index in [9.17, 15) is 0 Å². The van der Waals surface area contributed by atoms with E-state index < -0.39 is 0 Å². The number of nitrogens with one attached hydrogen (secondary N) is 1. The number of rotatable bonds is 2. The largest absolute Gasteiger partial charge is 0.481 e. The van der Waals surface area contributed by atoms with Gasteiger partial charge in [-0.25, -0.2) is 0 Å². The van der Waals surface area contributed by atoms with Gasteiger partial charge >= 0.3 is 0 Å². The lowest BCUT2D eigenvalue weighted by Gasteiger charge is -2.07. The van der Waals surface area contributed by atoms with E-state index in [-0.39, 0.29) is 5.90 Å². The number of methoxy groups -OCH3 is 1. The summed E-state index contributed by atoms with van der Waals surface area (Å²) < 4.78 is 4.90. The molecule has 2 aromatic rings. The molecule has 0 saturated carbocycles. The molecule has 0 fully saturated rings. The Bertz CT molecular complexity index is 570. The lowest BCUT2D eigenvalue weighted by Crippen LogP contribution is -2.00. The summed E-state index contributed by atoms with van der Waals surface area (Å²) in [5.41, 5.74) is 5.75. The van der Waals surface area contributed by atoms with Crippen LogP contribution in [0, 0.1) is 19.3 Å². The molecule has 0 aliphatic carbocycles. The number of benzene rings is 2. The van der Waals surface area contributed by atoms with Gasteiger partial charge in [-0.05, 0) is 48.2 Å². The van der Waals surface area contributed by atoms with Crippen molar-refractivity contribution >= 4 is 5.90 Å². The fourth-order valence-electron chi connectivity index (χ4n) is 1.85. The van der Waals surface area contributed by atoms with Gasteiger partial charge in [-0.1, -0.05) is 30.3 Å². The van der Waals surface area contributed by atoms with Crippen LogP contribution >= 0.6 is 0 Å². The van der Waals surface area contributed by atoms with Crippen molar-refractivity contribution in [2.75, 3.05) is 7.11 Å². The van der Waals surface area contributed by atoms with Crippen molar-refractivity contribution in [1.29, 1.82) is 5.41 Å². The Kier molecular flexibility index (Phi) is 3.47. The summed E-state index contributed by atoms with van der Waals surface area (Å²) in [7, 11) is 1.51. The van der Waals surface area contributed by atoms with Crippen molar-refractivity contribution < 1.29 is 4.74 Å². The molecule has 0 aromatic heterocycles. The van der Waals surface area contributed by atoms with Crippen LogP contribution in [0.3, 0.4) is 0 Å². The summed E-state index contributed by atoms with van der Waals surface area (Å²) in [4.78, 5) is 0. The molecular weight excluding hydrogens is 222 g/mol. The normalized spacial score (nSPS) is 10.2. The molecule has 2 nitrogen and oxygen atoms in total. The van der Waals surface area contributed by atoms with Gasteiger partial charge in [0.15, 0.2) is 0 Å². The molecule has 0 amide bonds. The molecule has 0 aliphatic heterocycles. The summed E-state index contributed by atoms with van der Waals surface area (Å²) in [6, 6.07) is 14.3. The fraction of sp³-hybridized carbons (Fsp3) is 0.188. The maximum atomic E-state index is 7.59. The second-order valence-corrected chi connectivity index (χ2v) is 4.41. The average Bonchev–Trinajstić information content (AvgIpc) is 2.41. The third-order valence-corrected chi connectivity index (χ3v) is 3.19. The number of hydrogen-bond acceptors (Lipinski definition) is 2. The van der Waals surface area contributed by atoms with Crippen molar-refractivity contribution in [3.63, 3.8) is 0 Å². The SMILES string of the molecule is COC(=N)c1ccc(-c2ccc(C)c(C)c2)cc1. The first-order valence-electron chi connectivity index (χ1n) is 5.92. The van der Waals surface area contributed by atoms with Crippen LogP contribution < -0.4 is 0 Å². The van der Waals surface area contributed by atoms with Crippen LogP contribution in [0.4, 0.5) is 0 Å². The predicted octanol–water partition coefficient (Wildman–Crippen LogP) is 3.94. The zero-order chi connectivity index (χ0) is 13.1. The third-order valence-electron chi connectivity index (χ3n) is 3.19. The number of hydrogen-bond donors (Lipinski definition) is 1. The fourth-order valence-corrected chi connectivity index (χ4v) is 1.85. The van der Waals surface area contributed by atoms with Gasteiger partial charge in [-0.15, -0.1) is 0 Å². The van der Waals surface area contributed by atoms with E-state index in [1.807, 2.05) is 24.3 Å². The van der Waals surface area contributed by atoms with Crippen molar-refractivity contribution in [3.8, 4) is 11.1 Å². The Morgan fingerprint density at radius 2 is 1.50 bits per heavy atom. The molecule has 1 N–H and O–H groups in total. The predicted molar refractivity (Wildman–Crippen MR) is 75.2 cm³/mol. The van der Waals surface area contributed by atoms with Gasteiger partial charge in [-0.3, -0.25) is 5.41 Å². The Balaban J connectivity index is 2.34. The van der Waals surface area contributed by atoms with E-state index in [1.54, 1.807) is 0 Å². The molecule has 0 saturated heterocycles. The van der Waals surface area contributed by atoms with Gasteiger partial charge in [0.25, 0.3) is 0 Å². The molecule has 2 aromatic carbocycles. The number of aryl methyl sites for hydroxylation is 2. The highest BCUT2D eigenvalue weighted by molar-refractivity contribution is 5.92. The zero-order valence-corrected chi connectivity index (χ0v) is 10.9. The van der Waals surface area contributed by atoms with Crippen LogP contribution in [-0.2, 0) is 4.74 Å². The van der Waals surface area contributed by atoms with Crippen LogP contribution in [0.15, 0.2) is 42.5 Å². The standard InChI is InChI=1S/C16H17NO/c1-11-4-5-15(10-12(11)2)13-6-8-14(9-7-13)16(17)18-3/h4-10,17H,1-3H3. The number of ether oxygens (including phenoxy) is 1. The van der Waals surface area contributed by atoms with Crippen LogP contribution in [0.5, 0.6) is 0 Å². The molecule has 0 bridgehead atoms. The van der Waals surface area contributed by atoms with Crippen molar-refractivity contribution in [1.82, 2.24) is 0 Å². The maximum Gasteiger partial charge on any atom is 0.212 e. The Morgan fingerprint density at radius 3 is 2.06 bits per heavy atom. The van der Waals surface area contributed by atoms with Crippen molar-refractivity contribution in [3.05, 3.63) is 59.2 Å². The quantitative estimate of drug-likeness (QED) is 0.625. The Hall–Kier alpha value is -2.09. The topological polar surface area (TPSA) is 33.1 Å². The summed E-state index contributed by atoms with van der Waals surface area (Å²) in [6.07, 6.45) is 0. The van der Waals surface area contributed by atoms with E-state index >= 15 is 0 Å². The molecule has 0 aliphatic rings. The Labute approximate surface area is 108 Å². The minimum Gasteiger partial charge on any atom is -0.481 e. The lowest BCUT2D eigenvalue weighted by molar-refractivity contribution is 0.401. The zero-order valence-electron chi connectivity index (χ0n) is 10.9. The molecule has 18 heavy (non-hydrogen) atoms. The summed E-state index contributed by atoms with van der Waals surface area (Å²) in [5.74, 6) is 0.196. The van der Waals surface area contributed by atoms with Gasteiger partial charge < -0.3 is 4.74 Å². The molecule has 92 valence electrons. The molecule has 0 atom stereocenters. The summed E-state index contributed by atoms with van der Waals surface area (Å²) >= 11 is 0. The average molecular weight is 239 g/mol. The summed E-state index contributed by atoms with van der Waals surface area (Å²) in [6.45, 7) is 4.23.